The van der Waals surface area contributed by atoms with E-state index >= 15 is 0 Å². The van der Waals surface area contributed by atoms with E-state index in [1.54, 1.807) is 0 Å². The van der Waals surface area contributed by atoms with Crippen molar-refractivity contribution in [1.29, 1.82) is 0 Å². The summed E-state index contributed by atoms with van der Waals surface area (Å²) in [5.74, 6) is 0. The van der Waals surface area contributed by atoms with Gasteiger partial charge in [-0.05, 0) is 0 Å². The molecule has 0 aromatic heterocycles. The van der Waals surface area contributed by atoms with E-state index in [1.165, 1.54) is 0 Å². The molecule has 81 valence electrons. The second kappa shape index (κ2) is 7.24. The van der Waals surface area contributed by atoms with Gasteiger partial charge in [-0.2, -0.15) is 0 Å². The Morgan fingerprint density at radius 2 is 0.923 bits per heavy atom. The minimum absolute atomic E-state index is 0. The molecule has 0 heterocycles. The van der Waals surface area contributed by atoms with Crippen molar-refractivity contribution in [3.05, 3.63) is 24.0 Å². The summed E-state index contributed by atoms with van der Waals surface area (Å²) in [6, 6.07) is 0. The number of rotatable bonds is 2. The Bertz CT molecular complexity index is 280. The molecule has 0 aliphatic carbocycles. The topological polar surface area (TPSA) is 114 Å². The average Bonchev–Trinajstić information content (AvgIpc) is 1.86. The molecule has 0 saturated carbocycles. The molecule has 0 aromatic carbocycles. The van der Waals surface area contributed by atoms with E-state index in [1.807, 2.05) is 0 Å². The Morgan fingerprint density at radius 3 is 0.923 bits per heavy atom. The predicted octanol–water partition coefficient (Wildman–Crippen LogP) is -0.652. The first-order chi connectivity index (χ1) is 5.12. The van der Waals surface area contributed by atoms with Crippen LogP contribution in [0.15, 0.2) is 24.0 Å². The van der Waals surface area contributed by atoms with Gasteiger partial charge in [-0.1, -0.05) is 13.2 Å². The van der Waals surface area contributed by atoms with Gasteiger partial charge in [0.05, 0.1) is 0 Å². The molecule has 0 N–H and O–H groups in total. The third-order valence-electron chi connectivity index (χ3n) is 0.408. The first kappa shape index (κ1) is 18.6. The largest absolute Gasteiger partial charge is 2.00 e. The molecule has 9 heteroatoms. The molecular formula is C4H6CuO6S2. The molecule has 0 rings (SSSR count). The molecule has 0 saturated heterocycles. The van der Waals surface area contributed by atoms with Crippen LogP contribution in [0.4, 0.5) is 0 Å². The summed E-state index contributed by atoms with van der Waals surface area (Å²) >= 11 is 0. The van der Waals surface area contributed by atoms with Crippen molar-refractivity contribution in [2.45, 2.75) is 0 Å². The monoisotopic (exact) mass is 277 g/mol. The van der Waals surface area contributed by atoms with Crippen LogP contribution in [-0.4, -0.2) is 25.9 Å². The Balaban J connectivity index is -0.000000143. The van der Waals surface area contributed by atoms with E-state index in [9.17, 15) is 25.9 Å². The van der Waals surface area contributed by atoms with Crippen molar-refractivity contribution in [3.63, 3.8) is 0 Å². The van der Waals surface area contributed by atoms with Crippen molar-refractivity contribution in [3.8, 4) is 0 Å². The molecule has 0 atom stereocenters. The molecule has 0 amide bonds. The molecule has 0 aromatic rings. The molecule has 13 heavy (non-hydrogen) atoms. The van der Waals surface area contributed by atoms with E-state index in [0.29, 0.717) is 10.8 Å². The van der Waals surface area contributed by atoms with Gasteiger partial charge in [-0.25, -0.2) is 16.8 Å². The van der Waals surface area contributed by atoms with Crippen molar-refractivity contribution >= 4 is 20.2 Å². The minimum Gasteiger partial charge on any atom is -0.745 e. The fraction of sp³-hybridized carbons (Fsp3) is 0. The van der Waals surface area contributed by atoms with Crippen molar-refractivity contribution < 1.29 is 43.0 Å². The molecule has 0 unspecified atom stereocenters. The Morgan fingerprint density at radius 1 is 0.846 bits per heavy atom. The van der Waals surface area contributed by atoms with Crippen LogP contribution in [0, 0.1) is 0 Å². The van der Waals surface area contributed by atoms with Gasteiger partial charge in [-0.3, -0.25) is 0 Å². The van der Waals surface area contributed by atoms with Crippen molar-refractivity contribution in [2.24, 2.45) is 0 Å². The molecule has 1 radical (unpaired) electrons. The summed E-state index contributed by atoms with van der Waals surface area (Å²) in [7, 11) is -8.30. The normalized spacial score (nSPS) is 10.0. The quantitative estimate of drug-likeness (QED) is 0.489. The maximum absolute atomic E-state index is 9.33. The van der Waals surface area contributed by atoms with Crippen LogP contribution in [0.1, 0.15) is 0 Å². The standard InChI is InChI=1S/2C2H4O3S.Cu/c2*1-2-6(3,4)5;/h2*2H,1H2,(H,3,4,5);/q;;+2/p-2. The smallest absolute Gasteiger partial charge is 0.745 e. The molecular weight excluding hydrogens is 272 g/mol. The maximum atomic E-state index is 9.33. The Kier molecular flexibility index (Phi) is 10.4. The summed E-state index contributed by atoms with van der Waals surface area (Å²) in [6.07, 6.45) is 0. The summed E-state index contributed by atoms with van der Waals surface area (Å²) in [5, 5.41) is 0.708. The minimum atomic E-state index is -4.15. The summed E-state index contributed by atoms with van der Waals surface area (Å²) in [5.41, 5.74) is 0. The van der Waals surface area contributed by atoms with Crippen molar-refractivity contribution in [1.82, 2.24) is 0 Å². The first-order valence-electron chi connectivity index (χ1n) is 2.29. The predicted molar refractivity (Wildman–Crippen MR) is 39.8 cm³/mol. The van der Waals surface area contributed by atoms with Crippen LogP contribution < -0.4 is 0 Å². The molecule has 0 aliphatic rings. The summed E-state index contributed by atoms with van der Waals surface area (Å²) < 4.78 is 56.0. The van der Waals surface area contributed by atoms with Crippen LogP contribution in [0.5, 0.6) is 0 Å². The molecule has 0 fully saturated rings. The van der Waals surface area contributed by atoms with Gasteiger partial charge in [0.1, 0.15) is 20.2 Å². The summed E-state index contributed by atoms with van der Waals surface area (Å²) in [4.78, 5) is 0. The molecule has 0 bridgehead atoms. The zero-order valence-electron chi connectivity index (χ0n) is 6.14. The van der Waals surface area contributed by atoms with Gasteiger partial charge >= 0.3 is 17.1 Å². The second-order valence-corrected chi connectivity index (χ2v) is 3.96. The van der Waals surface area contributed by atoms with Gasteiger partial charge in [0, 0.05) is 10.8 Å². The number of hydrogen-bond donors (Lipinski definition) is 0. The summed E-state index contributed by atoms with van der Waals surface area (Å²) in [6.45, 7) is 5.46. The fourth-order valence-electron chi connectivity index (χ4n) is 0. The Labute approximate surface area is 87.3 Å². The van der Waals surface area contributed by atoms with Crippen LogP contribution in [-0.2, 0) is 37.3 Å². The maximum Gasteiger partial charge on any atom is 2.00 e. The van der Waals surface area contributed by atoms with Gasteiger partial charge in [0.25, 0.3) is 0 Å². The van der Waals surface area contributed by atoms with E-state index < -0.39 is 20.2 Å². The molecule has 0 aliphatic heterocycles. The van der Waals surface area contributed by atoms with Gasteiger partial charge in [0.15, 0.2) is 0 Å². The van der Waals surface area contributed by atoms with E-state index in [-0.39, 0.29) is 17.1 Å². The average molecular weight is 278 g/mol. The Hall–Kier alpha value is -0.181. The second-order valence-electron chi connectivity index (χ2n) is 1.32. The molecule has 0 spiro atoms. The van der Waals surface area contributed by atoms with Crippen LogP contribution in [0.25, 0.3) is 0 Å². The number of hydrogen-bond acceptors (Lipinski definition) is 6. The fourth-order valence-corrected chi connectivity index (χ4v) is 0. The van der Waals surface area contributed by atoms with Crippen LogP contribution in [0.2, 0.25) is 0 Å². The first-order valence-corrected chi connectivity index (χ1v) is 5.23. The van der Waals surface area contributed by atoms with E-state index in [0.717, 1.165) is 0 Å². The van der Waals surface area contributed by atoms with Gasteiger partial charge in [-0.15, -0.1) is 0 Å². The van der Waals surface area contributed by atoms with Crippen LogP contribution >= 0.6 is 0 Å². The van der Waals surface area contributed by atoms with Crippen molar-refractivity contribution in [2.75, 3.05) is 0 Å². The van der Waals surface area contributed by atoms with Gasteiger partial charge < -0.3 is 9.11 Å². The van der Waals surface area contributed by atoms with Crippen LogP contribution in [0.3, 0.4) is 0 Å². The third kappa shape index (κ3) is 33.7. The van der Waals surface area contributed by atoms with E-state index in [2.05, 4.69) is 13.2 Å². The third-order valence-corrected chi connectivity index (χ3v) is 1.22. The SMILES string of the molecule is C=CS(=O)(=O)[O-].C=CS(=O)(=O)[O-].[Cu+2]. The zero-order valence-corrected chi connectivity index (χ0v) is 8.71. The van der Waals surface area contributed by atoms with Gasteiger partial charge in [0.2, 0.25) is 0 Å². The molecule has 6 nitrogen and oxygen atoms in total. The van der Waals surface area contributed by atoms with E-state index in [4.69, 9.17) is 0 Å². The zero-order chi connectivity index (χ0) is 10.4.